The summed E-state index contributed by atoms with van der Waals surface area (Å²) in [4.78, 5) is 23.2. The molecule has 1 aliphatic rings. The number of nitrogens with one attached hydrogen (secondary N) is 1. The lowest BCUT2D eigenvalue weighted by molar-refractivity contribution is -0.139. The van der Waals surface area contributed by atoms with Crippen LogP contribution in [0.1, 0.15) is 28.9 Å². The van der Waals surface area contributed by atoms with Gasteiger partial charge in [-0.3, -0.25) is 4.79 Å². The molecule has 8 heteroatoms. The number of carboxylic acids is 1. The third-order valence-corrected chi connectivity index (χ3v) is 5.94. The Morgan fingerprint density at radius 1 is 1.45 bits per heavy atom. The van der Waals surface area contributed by atoms with E-state index in [0.717, 1.165) is 30.4 Å². The molecule has 2 rings (SSSR count). The van der Waals surface area contributed by atoms with E-state index < -0.39 is 27.8 Å². The zero-order valence-electron chi connectivity index (χ0n) is 10.8. The maximum absolute atomic E-state index is 11.9. The van der Waals surface area contributed by atoms with Crippen LogP contribution in [0.25, 0.3) is 0 Å². The molecule has 0 aliphatic heterocycles. The van der Waals surface area contributed by atoms with Crippen LogP contribution in [-0.2, 0) is 14.6 Å². The average molecular weight is 317 g/mol. The molecule has 1 aromatic rings. The first-order chi connectivity index (χ1) is 9.27. The summed E-state index contributed by atoms with van der Waals surface area (Å²) in [5.74, 6) is -1.24. The van der Waals surface area contributed by atoms with Crippen LogP contribution in [0.4, 0.5) is 0 Å². The summed E-state index contributed by atoms with van der Waals surface area (Å²) < 4.78 is 22.8. The van der Waals surface area contributed by atoms with Crippen LogP contribution in [0.15, 0.2) is 16.3 Å². The molecule has 0 radical (unpaired) electrons. The number of hydrogen-bond acceptors (Lipinski definition) is 5. The van der Waals surface area contributed by atoms with Gasteiger partial charge in [0, 0.05) is 6.26 Å². The molecule has 1 heterocycles. The van der Waals surface area contributed by atoms with Crippen molar-refractivity contribution in [1.82, 2.24) is 5.32 Å². The molecule has 1 saturated carbocycles. The van der Waals surface area contributed by atoms with Gasteiger partial charge < -0.3 is 10.4 Å². The van der Waals surface area contributed by atoms with Crippen molar-refractivity contribution in [3.8, 4) is 0 Å². The van der Waals surface area contributed by atoms with Crippen LogP contribution < -0.4 is 5.32 Å². The highest BCUT2D eigenvalue weighted by molar-refractivity contribution is 7.92. The number of amides is 1. The summed E-state index contributed by atoms with van der Waals surface area (Å²) >= 11 is 0.843. The number of carbonyl (C=O) groups is 2. The predicted octanol–water partition coefficient (Wildman–Crippen LogP) is 1.13. The molecular weight excluding hydrogens is 302 g/mol. The quantitative estimate of drug-likeness (QED) is 0.819. The van der Waals surface area contributed by atoms with Gasteiger partial charge in [0.25, 0.3) is 5.91 Å². The molecule has 1 aromatic heterocycles. The number of rotatable bonds is 6. The summed E-state index contributed by atoms with van der Waals surface area (Å²) in [5.41, 5.74) is 0. The number of thiophene rings is 1. The Balaban J connectivity index is 2.06. The van der Waals surface area contributed by atoms with E-state index in [1.807, 2.05) is 0 Å². The summed E-state index contributed by atoms with van der Waals surface area (Å²) in [6.45, 7) is 0. The van der Waals surface area contributed by atoms with Gasteiger partial charge in [-0.25, -0.2) is 13.2 Å². The zero-order chi connectivity index (χ0) is 14.9. The van der Waals surface area contributed by atoms with Gasteiger partial charge >= 0.3 is 5.97 Å². The van der Waals surface area contributed by atoms with Crippen molar-refractivity contribution >= 4 is 33.1 Å². The molecular formula is C12H15NO5S2. The zero-order valence-corrected chi connectivity index (χ0v) is 12.5. The van der Waals surface area contributed by atoms with Gasteiger partial charge in [0.05, 0.1) is 4.88 Å². The van der Waals surface area contributed by atoms with E-state index in [1.54, 1.807) is 0 Å². The Hall–Kier alpha value is -1.41. The fourth-order valence-electron chi connectivity index (χ4n) is 1.78. The van der Waals surface area contributed by atoms with Crippen LogP contribution >= 0.6 is 11.3 Å². The van der Waals surface area contributed by atoms with Crippen molar-refractivity contribution in [2.45, 2.75) is 29.5 Å². The fraction of sp³-hybridized carbons (Fsp3) is 0.500. The largest absolute Gasteiger partial charge is 0.480 e. The van der Waals surface area contributed by atoms with Gasteiger partial charge in [0.1, 0.15) is 10.3 Å². The minimum atomic E-state index is -3.35. The molecule has 1 aliphatic carbocycles. The molecule has 1 amide bonds. The summed E-state index contributed by atoms with van der Waals surface area (Å²) in [6.07, 6.45) is 3.48. The highest BCUT2D eigenvalue weighted by Gasteiger charge is 2.30. The normalized spacial score (nSPS) is 16.6. The number of carboxylic acid groups (broad SMARTS) is 1. The van der Waals surface area contributed by atoms with Crippen molar-refractivity contribution in [3.05, 3.63) is 17.0 Å². The van der Waals surface area contributed by atoms with Crippen LogP contribution in [0.3, 0.4) is 0 Å². The van der Waals surface area contributed by atoms with Crippen LogP contribution in [0, 0.1) is 5.92 Å². The second kappa shape index (κ2) is 5.53. The summed E-state index contributed by atoms with van der Waals surface area (Å²) in [6, 6.07) is 1.83. The molecule has 0 spiro atoms. The third-order valence-electron chi connectivity index (χ3n) is 3.04. The summed E-state index contributed by atoms with van der Waals surface area (Å²) in [7, 11) is -3.35. The Labute approximate surface area is 120 Å². The molecule has 0 saturated heterocycles. The number of sulfone groups is 1. The number of carbonyl (C=O) groups excluding carboxylic acids is 1. The smallest absolute Gasteiger partial charge is 0.326 e. The van der Waals surface area contributed by atoms with E-state index in [-0.39, 0.29) is 9.09 Å². The number of aliphatic carboxylic acids is 1. The maximum Gasteiger partial charge on any atom is 0.326 e. The third kappa shape index (κ3) is 3.80. The van der Waals surface area contributed by atoms with Crippen molar-refractivity contribution in [2.24, 2.45) is 5.92 Å². The molecule has 110 valence electrons. The summed E-state index contributed by atoms with van der Waals surface area (Å²) in [5, 5.41) is 11.5. The molecule has 6 nitrogen and oxygen atoms in total. The highest BCUT2D eigenvalue weighted by atomic mass is 32.2. The van der Waals surface area contributed by atoms with Crippen LogP contribution in [-0.4, -0.2) is 37.7 Å². The minimum absolute atomic E-state index is 0.0942. The standard InChI is InChI=1S/C12H15NO5S2/c1-20(17,18)10-5-4-9(19-10)11(14)13-8(12(15)16)6-7-2-3-7/h4-5,7-8H,2-3,6H2,1H3,(H,13,14)(H,15,16)/t8-/m1/s1. The second-order valence-electron chi connectivity index (χ2n) is 4.93. The van der Waals surface area contributed by atoms with E-state index >= 15 is 0 Å². The molecule has 0 bridgehead atoms. The monoisotopic (exact) mass is 317 g/mol. The van der Waals surface area contributed by atoms with E-state index in [0.29, 0.717) is 12.3 Å². The lowest BCUT2D eigenvalue weighted by atomic mass is 10.1. The Kier molecular flexibility index (Phi) is 4.14. The van der Waals surface area contributed by atoms with E-state index in [1.165, 1.54) is 12.1 Å². The average Bonchev–Trinajstić information content (AvgIpc) is 2.99. The van der Waals surface area contributed by atoms with Gasteiger partial charge in [-0.05, 0) is 24.5 Å². The lowest BCUT2D eigenvalue weighted by Crippen LogP contribution is -2.40. The molecule has 2 N–H and O–H groups in total. The van der Waals surface area contributed by atoms with Gasteiger partial charge in [0.2, 0.25) is 0 Å². The molecule has 1 atom stereocenters. The molecule has 20 heavy (non-hydrogen) atoms. The van der Waals surface area contributed by atoms with Crippen LogP contribution in [0.2, 0.25) is 0 Å². The Morgan fingerprint density at radius 3 is 2.55 bits per heavy atom. The van der Waals surface area contributed by atoms with Crippen molar-refractivity contribution in [3.63, 3.8) is 0 Å². The number of hydrogen-bond donors (Lipinski definition) is 2. The van der Waals surface area contributed by atoms with Gasteiger partial charge in [0.15, 0.2) is 9.84 Å². The van der Waals surface area contributed by atoms with Gasteiger partial charge in [-0.1, -0.05) is 12.8 Å². The Bertz CT molecular complexity index is 630. The molecule has 0 unspecified atom stereocenters. The second-order valence-corrected chi connectivity index (χ2v) is 8.26. The van der Waals surface area contributed by atoms with E-state index in [4.69, 9.17) is 5.11 Å². The van der Waals surface area contributed by atoms with Crippen molar-refractivity contribution in [2.75, 3.05) is 6.26 Å². The minimum Gasteiger partial charge on any atom is -0.480 e. The topological polar surface area (TPSA) is 101 Å². The van der Waals surface area contributed by atoms with Crippen molar-refractivity contribution < 1.29 is 23.1 Å². The van der Waals surface area contributed by atoms with Gasteiger partial charge in [-0.2, -0.15) is 0 Å². The Morgan fingerprint density at radius 2 is 2.10 bits per heavy atom. The van der Waals surface area contributed by atoms with Gasteiger partial charge in [-0.15, -0.1) is 11.3 Å². The van der Waals surface area contributed by atoms with Crippen molar-refractivity contribution in [1.29, 1.82) is 0 Å². The first kappa shape index (κ1) is 15.0. The van der Waals surface area contributed by atoms with E-state index in [2.05, 4.69) is 5.32 Å². The fourth-order valence-corrected chi connectivity index (χ4v) is 3.61. The lowest BCUT2D eigenvalue weighted by Gasteiger charge is -2.13. The highest BCUT2D eigenvalue weighted by Crippen LogP contribution is 2.33. The SMILES string of the molecule is CS(=O)(=O)c1ccc(C(=O)N[C@H](CC2CC2)C(=O)O)s1. The van der Waals surface area contributed by atoms with E-state index in [9.17, 15) is 18.0 Å². The first-order valence-corrected chi connectivity index (χ1v) is 8.81. The molecule has 0 aromatic carbocycles. The maximum atomic E-state index is 11.9. The first-order valence-electron chi connectivity index (χ1n) is 6.11. The predicted molar refractivity (Wildman–Crippen MR) is 73.7 cm³/mol. The molecule has 1 fully saturated rings. The van der Waals surface area contributed by atoms with Crippen LogP contribution in [0.5, 0.6) is 0 Å².